The van der Waals surface area contributed by atoms with Crippen LogP contribution in [0.1, 0.15) is 88.6 Å². The predicted molar refractivity (Wildman–Crippen MR) is 160 cm³/mol. The summed E-state index contributed by atoms with van der Waals surface area (Å²) in [5.41, 5.74) is -3.35. The Kier molecular flexibility index (Phi) is 10.2. The molecule has 0 unspecified atom stereocenters. The molecule has 0 saturated heterocycles. The van der Waals surface area contributed by atoms with Gasteiger partial charge in [0.05, 0.1) is 6.54 Å². The van der Waals surface area contributed by atoms with E-state index < -0.39 is 46.8 Å². The highest BCUT2D eigenvalue weighted by Gasteiger charge is 2.36. The normalized spacial score (nSPS) is 12.4. The Balaban J connectivity index is 2.74. The maximum atomic E-state index is 13.3. The van der Waals surface area contributed by atoms with E-state index in [0.29, 0.717) is 21.2 Å². The molecule has 4 amide bonds. The van der Waals surface area contributed by atoms with Crippen LogP contribution in [0.4, 0.5) is 25.0 Å². The van der Waals surface area contributed by atoms with Gasteiger partial charge in [0.2, 0.25) is 0 Å². The summed E-state index contributed by atoms with van der Waals surface area (Å²) in [4.78, 5) is 58.8. The van der Waals surface area contributed by atoms with E-state index in [1.165, 1.54) is 12.3 Å². The van der Waals surface area contributed by atoms with Gasteiger partial charge in [-0.1, -0.05) is 11.6 Å². The first kappa shape index (κ1) is 34.6. The zero-order chi connectivity index (χ0) is 32.4. The molecule has 0 bridgehead atoms. The van der Waals surface area contributed by atoms with Crippen molar-refractivity contribution in [3.63, 3.8) is 0 Å². The Labute approximate surface area is 252 Å². The van der Waals surface area contributed by atoms with Gasteiger partial charge in [-0.05, 0) is 112 Å². The maximum Gasteiger partial charge on any atom is 0.425 e. The van der Waals surface area contributed by atoms with Gasteiger partial charge >= 0.3 is 24.4 Å². The molecular formula is C30H42ClN3O8. The van der Waals surface area contributed by atoms with Crippen molar-refractivity contribution in [1.29, 1.82) is 0 Å². The summed E-state index contributed by atoms with van der Waals surface area (Å²) < 4.78 is 22.0. The number of anilines is 1. The molecule has 0 fully saturated rings. The smallest absolute Gasteiger partial charge is 0.425 e. The van der Waals surface area contributed by atoms with Crippen LogP contribution in [0.5, 0.6) is 0 Å². The van der Waals surface area contributed by atoms with E-state index in [1.54, 1.807) is 95.2 Å². The molecule has 42 heavy (non-hydrogen) atoms. The molecule has 2 rings (SSSR count). The zero-order valence-electron chi connectivity index (χ0n) is 26.5. The quantitative estimate of drug-likeness (QED) is 0.317. The van der Waals surface area contributed by atoms with Crippen LogP contribution in [0.2, 0.25) is 5.02 Å². The van der Waals surface area contributed by atoms with Crippen molar-refractivity contribution in [2.24, 2.45) is 0 Å². The molecule has 232 valence electrons. The monoisotopic (exact) mass is 607 g/mol. The average Bonchev–Trinajstić information content (AvgIpc) is 2.73. The molecule has 1 aromatic carbocycles. The minimum absolute atomic E-state index is 0.0880. The lowest BCUT2D eigenvalue weighted by Crippen LogP contribution is -2.44. The Morgan fingerprint density at radius 3 is 1.45 bits per heavy atom. The number of halogens is 1. The fraction of sp³-hybridized carbons (Fsp3) is 0.567. The second-order valence-corrected chi connectivity index (χ2v) is 14.0. The van der Waals surface area contributed by atoms with E-state index in [1.807, 2.05) is 0 Å². The molecule has 0 aliphatic rings. The first-order valence-electron chi connectivity index (χ1n) is 13.4. The predicted octanol–water partition coefficient (Wildman–Crippen LogP) is 8.24. The van der Waals surface area contributed by atoms with Crippen molar-refractivity contribution in [2.75, 3.05) is 4.90 Å². The topological polar surface area (TPSA) is 125 Å². The van der Waals surface area contributed by atoms with Crippen LogP contribution in [-0.4, -0.2) is 56.7 Å². The molecule has 11 nitrogen and oxygen atoms in total. The number of pyridine rings is 1. The number of carbonyl (C=O) groups is 4. The molecule has 0 N–H and O–H groups in total. The third kappa shape index (κ3) is 10.0. The SMILES string of the molecule is CC(C)(C)OC(=O)N(Cc1c(Cl)ccc2c(N(C(=O)OC(C)(C)C)C(=O)OC(C)(C)C)nccc12)C(=O)OC(C)(C)C. The molecule has 0 aliphatic carbocycles. The van der Waals surface area contributed by atoms with Crippen molar-refractivity contribution in [1.82, 2.24) is 9.88 Å². The molecule has 1 heterocycles. The Bertz CT molecular complexity index is 1290. The highest BCUT2D eigenvalue weighted by molar-refractivity contribution is 6.32. The Morgan fingerprint density at radius 1 is 0.643 bits per heavy atom. The molecule has 0 saturated carbocycles. The summed E-state index contributed by atoms with van der Waals surface area (Å²) in [6.45, 7) is 19.6. The van der Waals surface area contributed by atoms with Crippen molar-refractivity contribution < 1.29 is 38.1 Å². The van der Waals surface area contributed by atoms with E-state index in [9.17, 15) is 19.2 Å². The van der Waals surface area contributed by atoms with E-state index in [0.717, 1.165) is 4.90 Å². The van der Waals surface area contributed by atoms with Gasteiger partial charge in [-0.2, -0.15) is 4.90 Å². The van der Waals surface area contributed by atoms with Gasteiger partial charge in [-0.3, -0.25) is 0 Å². The van der Waals surface area contributed by atoms with Gasteiger partial charge < -0.3 is 18.9 Å². The number of imide groups is 2. The summed E-state index contributed by atoms with van der Waals surface area (Å²) in [6.07, 6.45) is -2.52. The molecule has 2 aromatic rings. The van der Waals surface area contributed by atoms with Crippen LogP contribution in [0.25, 0.3) is 10.8 Å². The average molecular weight is 608 g/mol. The first-order chi connectivity index (χ1) is 18.9. The number of fused-ring (bicyclic) bond motifs is 1. The van der Waals surface area contributed by atoms with E-state index in [-0.39, 0.29) is 17.4 Å². The summed E-state index contributed by atoms with van der Waals surface area (Å²) in [6, 6.07) is 4.66. The lowest BCUT2D eigenvalue weighted by molar-refractivity contribution is -0.000262. The molecule has 0 radical (unpaired) electrons. The number of rotatable bonds is 3. The maximum absolute atomic E-state index is 13.3. The largest absolute Gasteiger partial charge is 0.443 e. The van der Waals surface area contributed by atoms with E-state index in [4.69, 9.17) is 30.5 Å². The zero-order valence-corrected chi connectivity index (χ0v) is 27.3. The molecule has 0 spiro atoms. The van der Waals surface area contributed by atoms with E-state index >= 15 is 0 Å². The number of hydrogen-bond donors (Lipinski definition) is 0. The molecule has 0 aliphatic heterocycles. The highest BCUT2D eigenvalue weighted by Crippen LogP contribution is 2.34. The van der Waals surface area contributed by atoms with Crippen molar-refractivity contribution in [3.05, 3.63) is 35.0 Å². The number of aromatic nitrogens is 1. The van der Waals surface area contributed by atoms with Crippen LogP contribution in [0.3, 0.4) is 0 Å². The number of benzene rings is 1. The van der Waals surface area contributed by atoms with Crippen molar-refractivity contribution >= 4 is 52.6 Å². The van der Waals surface area contributed by atoms with Crippen LogP contribution >= 0.6 is 11.6 Å². The second-order valence-electron chi connectivity index (χ2n) is 13.6. The minimum atomic E-state index is -1.00. The van der Waals surface area contributed by atoms with Crippen molar-refractivity contribution in [2.45, 2.75) is 112 Å². The van der Waals surface area contributed by atoms with Gasteiger partial charge in [0.15, 0.2) is 5.82 Å². The van der Waals surface area contributed by atoms with Crippen molar-refractivity contribution in [3.8, 4) is 0 Å². The number of hydrogen-bond acceptors (Lipinski definition) is 9. The summed E-state index contributed by atoms with van der Waals surface area (Å²) in [5.74, 6) is -0.0880. The molecule has 12 heteroatoms. The number of carbonyl (C=O) groups excluding carboxylic acids is 4. The highest BCUT2D eigenvalue weighted by atomic mass is 35.5. The fourth-order valence-electron chi connectivity index (χ4n) is 3.47. The van der Waals surface area contributed by atoms with Crippen LogP contribution in [0.15, 0.2) is 24.4 Å². The summed E-state index contributed by atoms with van der Waals surface area (Å²) >= 11 is 6.61. The second kappa shape index (κ2) is 12.3. The fourth-order valence-corrected chi connectivity index (χ4v) is 3.70. The van der Waals surface area contributed by atoms with Gasteiger partial charge in [-0.25, -0.2) is 29.1 Å². The number of ether oxygens (including phenoxy) is 4. The van der Waals surface area contributed by atoms with Crippen LogP contribution < -0.4 is 4.90 Å². The standard InChI is InChI=1S/C30H42ClN3O8/c1-27(2,3)39-23(35)33(24(36)40-28(4,5)6)17-20-18-15-16-32-22(19(18)13-14-21(20)31)34(25(37)41-29(7,8)9)26(38)42-30(10,11)12/h13-16H,17H2,1-12H3. The summed E-state index contributed by atoms with van der Waals surface area (Å²) in [5, 5.41) is 0.918. The van der Waals surface area contributed by atoms with Gasteiger partial charge in [0.25, 0.3) is 0 Å². The Morgan fingerprint density at radius 2 is 1.05 bits per heavy atom. The molecule has 1 aromatic heterocycles. The lowest BCUT2D eigenvalue weighted by Gasteiger charge is -2.29. The van der Waals surface area contributed by atoms with Crippen LogP contribution in [0, 0.1) is 0 Å². The van der Waals surface area contributed by atoms with Gasteiger partial charge in [0.1, 0.15) is 22.4 Å². The van der Waals surface area contributed by atoms with Crippen LogP contribution in [-0.2, 0) is 25.5 Å². The van der Waals surface area contributed by atoms with Gasteiger partial charge in [-0.15, -0.1) is 0 Å². The first-order valence-corrected chi connectivity index (χ1v) is 13.8. The lowest BCUT2D eigenvalue weighted by atomic mass is 10.0. The molecule has 0 atom stereocenters. The number of amides is 4. The Hall–Kier alpha value is -3.60. The van der Waals surface area contributed by atoms with E-state index in [2.05, 4.69) is 4.98 Å². The third-order valence-corrected chi connectivity index (χ3v) is 5.24. The third-order valence-electron chi connectivity index (χ3n) is 4.89. The van der Waals surface area contributed by atoms with Gasteiger partial charge in [0, 0.05) is 16.6 Å². The minimum Gasteiger partial charge on any atom is -0.443 e. The summed E-state index contributed by atoms with van der Waals surface area (Å²) in [7, 11) is 0. The number of nitrogens with zero attached hydrogens (tertiary/aromatic N) is 3. The molecular weight excluding hydrogens is 566 g/mol.